The molecule has 1 atom stereocenters. The van der Waals surface area contributed by atoms with Gasteiger partial charge in [0.2, 0.25) is 0 Å². The van der Waals surface area contributed by atoms with Crippen molar-refractivity contribution in [1.29, 1.82) is 0 Å². The Labute approximate surface area is 375 Å². The SMILES string of the molecule is CC/C=C\C/C=C\C/C=C\C/C=C\CCC(=O)OCC(COC(=O)CCCCCCC/C=C\C/C=C\C/C=C\CC)OC(=O)CCCCCCCCCCCCCCCCC. The number of ether oxygens (including phenoxy) is 3. The monoisotopic (exact) mass is 849 g/mol. The Hall–Kier alpha value is -3.41. The number of carbonyl (C=O) groups is 3. The highest BCUT2D eigenvalue weighted by Crippen LogP contribution is 2.15. The van der Waals surface area contributed by atoms with E-state index in [9.17, 15) is 14.4 Å². The molecular formula is C55H92O6. The van der Waals surface area contributed by atoms with Crippen molar-refractivity contribution in [2.24, 2.45) is 0 Å². The van der Waals surface area contributed by atoms with Crippen LogP contribution in [0.25, 0.3) is 0 Å². The van der Waals surface area contributed by atoms with Crippen LogP contribution in [0.2, 0.25) is 0 Å². The van der Waals surface area contributed by atoms with Crippen LogP contribution >= 0.6 is 0 Å². The summed E-state index contributed by atoms with van der Waals surface area (Å²) in [5.41, 5.74) is 0. The van der Waals surface area contributed by atoms with Crippen LogP contribution in [0.5, 0.6) is 0 Å². The summed E-state index contributed by atoms with van der Waals surface area (Å²) in [7, 11) is 0. The van der Waals surface area contributed by atoms with Crippen molar-refractivity contribution >= 4 is 17.9 Å². The van der Waals surface area contributed by atoms with Gasteiger partial charge in [-0.05, 0) is 77.0 Å². The van der Waals surface area contributed by atoms with Gasteiger partial charge in [0.05, 0.1) is 0 Å². The Balaban J connectivity index is 4.49. The third kappa shape index (κ3) is 47.5. The van der Waals surface area contributed by atoms with Crippen molar-refractivity contribution < 1.29 is 28.6 Å². The highest BCUT2D eigenvalue weighted by molar-refractivity contribution is 5.71. The van der Waals surface area contributed by atoms with Crippen LogP contribution in [-0.4, -0.2) is 37.2 Å². The number of unbranched alkanes of at least 4 members (excludes halogenated alkanes) is 19. The Morgan fingerprint density at radius 3 is 1.10 bits per heavy atom. The van der Waals surface area contributed by atoms with E-state index in [1.54, 1.807) is 0 Å². The van der Waals surface area contributed by atoms with E-state index < -0.39 is 6.10 Å². The van der Waals surface area contributed by atoms with Gasteiger partial charge in [0.1, 0.15) is 13.2 Å². The Bertz CT molecular complexity index is 1200. The number of esters is 3. The molecule has 0 bridgehead atoms. The summed E-state index contributed by atoms with van der Waals surface area (Å²) in [5.74, 6) is -1.01. The molecule has 348 valence electrons. The van der Waals surface area contributed by atoms with Crippen LogP contribution in [0.3, 0.4) is 0 Å². The first kappa shape index (κ1) is 57.6. The Kier molecular flexibility index (Phi) is 46.5. The standard InChI is InChI=1S/C55H92O6/c1-4-7-10-13-16-19-22-25-27-30-33-36-39-42-45-48-54(57)60-51-52(50-59-53(56)47-44-41-38-35-32-29-24-21-18-15-12-9-6-3)61-55(58)49-46-43-40-37-34-31-28-26-23-20-17-14-11-8-5-2/h7,9-10,12,16,18-19,21,25,27,29,32,38,41,52H,4-6,8,11,13-15,17,20,22-24,26,28,30-31,33-37,39-40,42-51H2,1-3H3/b10-7-,12-9-,19-16-,21-18-,27-25-,32-29-,41-38-. The van der Waals surface area contributed by atoms with Gasteiger partial charge in [-0.15, -0.1) is 0 Å². The van der Waals surface area contributed by atoms with Crippen LogP contribution in [0.4, 0.5) is 0 Å². The molecule has 0 saturated carbocycles. The van der Waals surface area contributed by atoms with Gasteiger partial charge in [-0.25, -0.2) is 0 Å². The minimum atomic E-state index is -0.810. The lowest BCUT2D eigenvalue weighted by Crippen LogP contribution is -2.30. The van der Waals surface area contributed by atoms with Crippen molar-refractivity contribution in [3.05, 3.63) is 85.1 Å². The lowest BCUT2D eigenvalue weighted by atomic mass is 10.0. The van der Waals surface area contributed by atoms with Crippen molar-refractivity contribution in [2.75, 3.05) is 13.2 Å². The molecule has 0 aliphatic rings. The van der Waals surface area contributed by atoms with Gasteiger partial charge in [0, 0.05) is 19.3 Å². The summed E-state index contributed by atoms with van der Waals surface area (Å²) in [6.45, 7) is 6.33. The van der Waals surface area contributed by atoms with Crippen LogP contribution in [0, 0.1) is 0 Å². The first-order valence-electron chi connectivity index (χ1n) is 25.1. The number of hydrogen-bond donors (Lipinski definition) is 0. The Morgan fingerprint density at radius 2 is 0.672 bits per heavy atom. The number of allylic oxidation sites excluding steroid dienone is 14. The summed E-state index contributed by atoms with van der Waals surface area (Å²) in [5, 5.41) is 0. The molecule has 0 N–H and O–H groups in total. The van der Waals surface area contributed by atoms with Crippen LogP contribution in [0.15, 0.2) is 85.1 Å². The normalized spacial score (nSPS) is 12.8. The summed E-state index contributed by atoms with van der Waals surface area (Å²) in [6, 6.07) is 0. The van der Waals surface area contributed by atoms with Crippen molar-refractivity contribution in [1.82, 2.24) is 0 Å². The van der Waals surface area contributed by atoms with E-state index in [-0.39, 0.29) is 37.5 Å². The molecule has 0 heterocycles. The topological polar surface area (TPSA) is 78.9 Å². The predicted molar refractivity (Wildman–Crippen MR) is 261 cm³/mol. The highest BCUT2D eigenvalue weighted by atomic mass is 16.6. The molecule has 0 rings (SSSR count). The lowest BCUT2D eigenvalue weighted by Gasteiger charge is -2.18. The minimum absolute atomic E-state index is 0.107. The van der Waals surface area contributed by atoms with Gasteiger partial charge < -0.3 is 14.2 Å². The first-order valence-corrected chi connectivity index (χ1v) is 25.1. The summed E-state index contributed by atoms with van der Waals surface area (Å²) < 4.78 is 16.7. The zero-order valence-corrected chi connectivity index (χ0v) is 39.7. The average Bonchev–Trinajstić information content (AvgIpc) is 3.26. The van der Waals surface area contributed by atoms with E-state index in [2.05, 4.69) is 93.7 Å². The third-order valence-corrected chi connectivity index (χ3v) is 10.4. The molecule has 0 aliphatic carbocycles. The van der Waals surface area contributed by atoms with Crippen molar-refractivity contribution in [2.45, 2.75) is 232 Å². The van der Waals surface area contributed by atoms with E-state index in [1.807, 2.05) is 12.2 Å². The number of carbonyl (C=O) groups excluding carboxylic acids is 3. The molecule has 0 saturated heterocycles. The fraction of sp³-hybridized carbons (Fsp3) is 0.691. The van der Waals surface area contributed by atoms with Gasteiger partial charge >= 0.3 is 17.9 Å². The fourth-order valence-corrected chi connectivity index (χ4v) is 6.70. The van der Waals surface area contributed by atoms with Crippen LogP contribution < -0.4 is 0 Å². The minimum Gasteiger partial charge on any atom is -0.462 e. The third-order valence-electron chi connectivity index (χ3n) is 10.4. The average molecular weight is 849 g/mol. The highest BCUT2D eigenvalue weighted by Gasteiger charge is 2.19. The molecule has 1 unspecified atom stereocenters. The van der Waals surface area contributed by atoms with Gasteiger partial charge in [-0.1, -0.05) is 215 Å². The molecule has 0 aromatic heterocycles. The Morgan fingerprint density at radius 1 is 0.344 bits per heavy atom. The molecule has 6 nitrogen and oxygen atoms in total. The summed E-state index contributed by atoms with van der Waals surface area (Å²) in [6.07, 6.45) is 62.9. The van der Waals surface area contributed by atoms with Crippen molar-refractivity contribution in [3.63, 3.8) is 0 Å². The maximum atomic E-state index is 12.8. The van der Waals surface area contributed by atoms with Crippen LogP contribution in [-0.2, 0) is 28.6 Å². The predicted octanol–water partition coefficient (Wildman–Crippen LogP) is 16.4. The zero-order valence-electron chi connectivity index (χ0n) is 39.7. The molecule has 0 spiro atoms. The zero-order chi connectivity index (χ0) is 44.4. The molecule has 0 aromatic carbocycles. The number of rotatable bonds is 44. The molecule has 0 amide bonds. The second-order valence-electron chi connectivity index (χ2n) is 16.3. The van der Waals surface area contributed by atoms with Gasteiger partial charge in [-0.3, -0.25) is 14.4 Å². The second kappa shape index (κ2) is 49.2. The molecular weight excluding hydrogens is 757 g/mol. The summed E-state index contributed by atoms with van der Waals surface area (Å²) >= 11 is 0. The van der Waals surface area contributed by atoms with Gasteiger partial charge in [0.15, 0.2) is 6.10 Å². The van der Waals surface area contributed by atoms with Gasteiger partial charge in [-0.2, -0.15) is 0 Å². The number of hydrogen-bond acceptors (Lipinski definition) is 6. The molecule has 0 fully saturated rings. The smallest absolute Gasteiger partial charge is 0.306 e. The largest absolute Gasteiger partial charge is 0.462 e. The molecule has 6 heteroatoms. The molecule has 0 aliphatic heterocycles. The quantitative estimate of drug-likeness (QED) is 0.0263. The second-order valence-corrected chi connectivity index (χ2v) is 16.3. The maximum Gasteiger partial charge on any atom is 0.306 e. The van der Waals surface area contributed by atoms with E-state index >= 15 is 0 Å². The van der Waals surface area contributed by atoms with Gasteiger partial charge in [0.25, 0.3) is 0 Å². The van der Waals surface area contributed by atoms with E-state index in [0.717, 1.165) is 103 Å². The molecule has 0 aromatic rings. The first-order chi connectivity index (χ1) is 30.0. The van der Waals surface area contributed by atoms with E-state index in [0.29, 0.717) is 19.3 Å². The lowest BCUT2D eigenvalue weighted by molar-refractivity contribution is -0.166. The van der Waals surface area contributed by atoms with Crippen molar-refractivity contribution in [3.8, 4) is 0 Å². The van der Waals surface area contributed by atoms with E-state index in [4.69, 9.17) is 14.2 Å². The molecule has 61 heavy (non-hydrogen) atoms. The summed E-state index contributed by atoms with van der Waals surface area (Å²) in [4.78, 5) is 37.9. The fourth-order valence-electron chi connectivity index (χ4n) is 6.70. The van der Waals surface area contributed by atoms with Crippen LogP contribution in [0.1, 0.15) is 226 Å². The molecule has 0 radical (unpaired) electrons. The van der Waals surface area contributed by atoms with E-state index in [1.165, 1.54) is 77.0 Å². The maximum absolute atomic E-state index is 12.8.